The minimum Gasteiger partial charge on any atom is -0.508 e. The Hall–Kier alpha value is -2.33. The summed E-state index contributed by atoms with van der Waals surface area (Å²) in [7, 11) is 1.68. The number of aromatic hydroxyl groups is 1. The lowest BCUT2D eigenvalue weighted by Crippen LogP contribution is -2.35. The van der Waals surface area contributed by atoms with E-state index in [1.165, 1.54) is 4.90 Å². The van der Waals surface area contributed by atoms with E-state index in [4.69, 9.17) is 5.73 Å². The number of likely N-dealkylation sites (N-methyl/N-ethyl adjacent to an activating group) is 1. The first-order chi connectivity index (χ1) is 9.99. The van der Waals surface area contributed by atoms with Crippen molar-refractivity contribution in [1.82, 2.24) is 4.90 Å². The second kappa shape index (κ2) is 6.41. The maximum absolute atomic E-state index is 12.4. The molecule has 21 heavy (non-hydrogen) atoms. The highest BCUT2D eigenvalue weighted by atomic mass is 16.3. The Morgan fingerprint density at radius 1 is 1.19 bits per heavy atom. The fourth-order valence-electron chi connectivity index (χ4n) is 2.13. The minimum atomic E-state index is -0.693. The number of hydrogen-bond donors (Lipinski definition) is 2. The van der Waals surface area contributed by atoms with Gasteiger partial charge in [0.15, 0.2) is 0 Å². The zero-order valence-corrected chi connectivity index (χ0v) is 12.3. The number of nitrogens with two attached hydrogens (primary N) is 1. The number of rotatable bonds is 4. The van der Waals surface area contributed by atoms with Crippen molar-refractivity contribution >= 4 is 5.91 Å². The standard InChI is InChI=1S/C17H20N2O2/c1-12-7-9-13(10-8-12)16(18)17(21)19(2)11-14-5-3-4-6-15(14)20/h3-10,16,20H,11,18H2,1-2H3. The molecule has 1 amide bonds. The van der Waals surface area contributed by atoms with Crippen molar-refractivity contribution in [1.29, 1.82) is 0 Å². The molecule has 110 valence electrons. The Kier molecular flexibility index (Phi) is 4.60. The molecular weight excluding hydrogens is 264 g/mol. The van der Waals surface area contributed by atoms with Crippen LogP contribution in [0.5, 0.6) is 5.75 Å². The van der Waals surface area contributed by atoms with E-state index >= 15 is 0 Å². The predicted molar refractivity (Wildman–Crippen MR) is 82.7 cm³/mol. The molecule has 0 radical (unpaired) electrons. The Labute approximate surface area is 124 Å². The molecule has 0 saturated carbocycles. The average Bonchev–Trinajstić information content (AvgIpc) is 2.49. The first-order valence-corrected chi connectivity index (χ1v) is 6.83. The van der Waals surface area contributed by atoms with Crippen molar-refractivity contribution in [2.45, 2.75) is 19.5 Å². The normalized spacial score (nSPS) is 12.0. The molecule has 0 aliphatic carbocycles. The summed E-state index contributed by atoms with van der Waals surface area (Å²) in [5, 5.41) is 9.76. The Bertz CT molecular complexity index is 623. The van der Waals surface area contributed by atoms with E-state index in [1.54, 1.807) is 25.2 Å². The van der Waals surface area contributed by atoms with Crippen LogP contribution in [-0.2, 0) is 11.3 Å². The van der Waals surface area contributed by atoms with Crippen molar-refractivity contribution in [3.05, 3.63) is 65.2 Å². The molecule has 0 aromatic heterocycles. The molecule has 0 heterocycles. The van der Waals surface area contributed by atoms with Crippen LogP contribution in [0.3, 0.4) is 0 Å². The molecule has 0 fully saturated rings. The number of aryl methyl sites for hydroxylation is 1. The number of para-hydroxylation sites is 1. The SMILES string of the molecule is Cc1ccc(C(N)C(=O)N(C)Cc2ccccc2O)cc1. The molecule has 1 atom stereocenters. The number of carbonyl (C=O) groups is 1. The number of amides is 1. The molecule has 1 unspecified atom stereocenters. The molecule has 0 bridgehead atoms. The molecule has 0 saturated heterocycles. The van der Waals surface area contributed by atoms with Gasteiger partial charge in [0.2, 0.25) is 5.91 Å². The zero-order chi connectivity index (χ0) is 15.4. The number of benzene rings is 2. The smallest absolute Gasteiger partial charge is 0.244 e. The lowest BCUT2D eigenvalue weighted by Gasteiger charge is -2.22. The third-order valence-corrected chi connectivity index (χ3v) is 3.48. The van der Waals surface area contributed by atoms with Gasteiger partial charge in [0.25, 0.3) is 0 Å². The van der Waals surface area contributed by atoms with E-state index in [0.717, 1.165) is 11.1 Å². The minimum absolute atomic E-state index is 0.179. The first-order valence-electron chi connectivity index (χ1n) is 6.83. The maximum Gasteiger partial charge on any atom is 0.244 e. The number of phenols is 1. The molecule has 2 aromatic carbocycles. The summed E-state index contributed by atoms with van der Waals surface area (Å²) in [6, 6.07) is 13.9. The number of nitrogens with zero attached hydrogens (tertiary/aromatic N) is 1. The maximum atomic E-state index is 12.4. The van der Waals surface area contributed by atoms with Crippen LogP contribution in [0, 0.1) is 6.92 Å². The largest absolute Gasteiger partial charge is 0.508 e. The van der Waals surface area contributed by atoms with E-state index in [9.17, 15) is 9.90 Å². The van der Waals surface area contributed by atoms with Crippen molar-refractivity contribution in [2.75, 3.05) is 7.05 Å². The van der Waals surface area contributed by atoms with E-state index in [0.29, 0.717) is 12.1 Å². The van der Waals surface area contributed by atoms with Gasteiger partial charge in [-0.05, 0) is 18.6 Å². The second-order valence-electron chi connectivity index (χ2n) is 5.21. The van der Waals surface area contributed by atoms with Gasteiger partial charge in [-0.15, -0.1) is 0 Å². The lowest BCUT2D eigenvalue weighted by molar-refractivity contribution is -0.132. The van der Waals surface area contributed by atoms with Gasteiger partial charge in [-0.25, -0.2) is 0 Å². The van der Waals surface area contributed by atoms with Crippen LogP contribution >= 0.6 is 0 Å². The topological polar surface area (TPSA) is 66.6 Å². The number of phenolic OH excluding ortho intramolecular Hbond substituents is 1. The lowest BCUT2D eigenvalue weighted by atomic mass is 10.0. The predicted octanol–water partition coefficient (Wildman–Crippen LogP) is 2.36. The van der Waals surface area contributed by atoms with Gasteiger partial charge in [-0.2, -0.15) is 0 Å². The average molecular weight is 284 g/mol. The second-order valence-corrected chi connectivity index (χ2v) is 5.21. The molecule has 3 N–H and O–H groups in total. The summed E-state index contributed by atoms with van der Waals surface area (Å²) in [5.41, 5.74) is 8.64. The molecule has 0 aliphatic rings. The van der Waals surface area contributed by atoms with Crippen molar-refractivity contribution in [3.63, 3.8) is 0 Å². The summed E-state index contributed by atoms with van der Waals surface area (Å²) in [6.45, 7) is 2.31. The molecule has 4 nitrogen and oxygen atoms in total. The van der Waals surface area contributed by atoms with Crippen LogP contribution < -0.4 is 5.73 Å². The van der Waals surface area contributed by atoms with Gasteiger partial charge in [-0.3, -0.25) is 4.79 Å². The highest BCUT2D eigenvalue weighted by molar-refractivity contribution is 5.82. The summed E-state index contributed by atoms with van der Waals surface area (Å²) in [4.78, 5) is 13.9. The van der Waals surface area contributed by atoms with Crippen LogP contribution in [-0.4, -0.2) is 23.0 Å². The summed E-state index contributed by atoms with van der Waals surface area (Å²) < 4.78 is 0. The molecule has 0 spiro atoms. The van der Waals surface area contributed by atoms with Crippen molar-refractivity contribution in [3.8, 4) is 5.75 Å². The van der Waals surface area contributed by atoms with Gasteiger partial charge in [-0.1, -0.05) is 48.0 Å². The molecule has 2 aromatic rings. The summed E-state index contributed by atoms with van der Waals surface area (Å²) >= 11 is 0. The number of hydrogen-bond acceptors (Lipinski definition) is 3. The molecule has 0 aliphatic heterocycles. The van der Waals surface area contributed by atoms with Crippen LogP contribution in [0.1, 0.15) is 22.7 Å². The third-order valence-electron chi connectivity index (χ3n) is 3.48. The van der Waals surface area contributed by atoms with Crippen LogP contribution in [0.15, 0.2) is 48.5 Å². The number of carbonyl (C=O) groups excluding carboxylic acids is 1. The summed E-state index contributed by atoms with van der Waals surface area (Å²) in [5.74, 6) is 0.00293. The molecule has 4 heteroatoms. The van der Waals surface area contributed by atoms with Gasteiger partial charge < -0.3 is 15.7 Å². The van der Waals surface area contributed by atoms with E-state index in [2.05, 4.69) is 0 Å². The quantitative estimate of drug-likeness (QED) is 0.905. The highest BCUT2D eigenvalue weighted by Crippen LogP contribution is 2.19. The van der Waals surface area contributed by atoms with Gasteiger partial charge in [0.1, 0.15) is 11.8 Å². The highest BCUT2D eigenvalue weighted by Gasteiger charge is 2.20. The van der Waals surface area contributed by atoms with Gasteiger partial charge >= 0.3 is 0 Å². The monoisotopic (exact) mass is 284 g/mol. The fourth-order valence-corrected chi connectivity index (χ4v) is 2.13. The van der Waals surface area contributed by atoms with E-state index in [-0.39, 0.29) is 11.7 Å². The van der Waals surface area contributed by atoms with Gasteiger partial charge in [0, 0.05) is 19.2 Å². The molecule has 2 rings (SSSR count). The Balaban J connectivity index is 2.08. The Morgan fingerprint density at radius 2 is 1.81 bits per heavy atom. The van der Waals surface area contributed by atoms with Crippen molar-refractivity contribution in [2.24, 2.45) is 5.73 Å². The van der Waals surface area contributed by atoms with Crippen LogP contribution in [0.25, 0.3) is 0 Å². The fraction of sp³-hybridized carbons (Fsp3) is 0.235. The van der Waals surface area contributed by atoms with Crippen LogP contribution in [0.2, 0.25) is 0 Å². The summed E-state index contributed by atoms with van der Waals surface area (Å²) in [6.07, 6.45) is 0. The van der Waals surface area contributed by atoms with Crippen molar-refractivity contribution < 1.29 is 9.90 Å². The first kappa shape index (κ1) is 15.1. The Morgan fingerprint density at radius 3 is 2.43 bits per heavy atom. The van der Waals surface area contributed by atoms with E-state index in [1.807, 2.05) is 37.3 Å². The van der Waals surface area contributed by atoms with Crippen LogP contribution in [0.4, 0.5) is 0 Å². The third kappa shape index (κ3) is 3.61. The molecular formula is C17H20N2O2. The van der Waals surface area contributed by atoms with E-state index < -0.39 is 6.04 Å². The van der Waals surface area contributed by atoms with Gasteiger partial charge in [0.05, 0.1) is 0 Å². The zero-order valence-electron chi connectivity index (χ0n) is 12.3.